The van der Waals surface area contributed by atoms with Crippen LogP contribution in [-0.2, 0) is 6.42 Å². The van der Waals surface area contributed by atoms with E-state index in [0.717, 1.165) is 34.1 Å². The summed E-state index contributed by atoms with van der Waals surface area (Å²) in [5.41, 5.74) is 6.68. The van der Waals surface area contributed by atoms with E-state index in [2.05, 4.69) is 6.92 Å². The van der Waals surface area contributed by atoms with E-state index < -0.39 is 0 Å². The van der Waals surface area contributed by atoms with Gasteiger partial charge in [0.1, 0.15) is 11.5 Å². The Hall–Kier alpha value is -0.520. The van der Waals surface area contributed by atoms with Crippen molar-refractivity contribution in [3.8, 4) is 11.5 Å². The van der Waals surface area contributed by atoms with Crippen molar-refractivity contribution in [1.82, 2.24) is 0 Å². The quantitative estimate of drug-likeness (QED) is 0.774. The predicted molar refractivity (Wildman–Crippen MR) is 76.3 cm³/mol. The lowest BCUT2D eigenvalue weighted by Crippen LogP contribution is -2.05. The molecule has 0 aromatic heterocycles. The van der Waals surface area contributed by atoms with Gasteiger partial charge in [-0.15, -0.1) is 0 Å². The fourth-order valence-electron chi connectivity index (χ4n) is 1.47. The summed E-state index contributed by atoms with van der Waals surface area (Å²) in [7, 11) is 6.87. The Morgan fingerprint density at radius 2 is 1.88 bits per heavy atom. The van der Waals surface area contributed by atoms with Gasteiger partial charge in [-0.05, 0) is 30.7 Å². The first-order valence-electron chi connectivity index (χ1n) is 5.51. The van der Waals surface area contributed by atoms with Crippen LogP contribution in [0.3, 0.4) is 0 Å². The minimum atomic E-state index is 0.607. The first kappa shape index (κ1) is 14.5. The predicted octanol–water partition coefficient (Wildman–Crippen LogP) is 2.97. The summed E-state index contributed by atoms with van der Waals surface area (Å²) in [5.74, 6) is 2.83. The number of methoxy groups -OCH3 is 2. The molecule has 0 unspecified atom stereocenters. The fourth-order valence-corrected chi connectivity index (χ4v) is 3.22. The molecule has 17 heavy (non-hydrogen) atoms. The summed E-state index contributed by atoms with van der Waals surface area (Å²) in [6.07, 6.45) is 0.797. The van der Waals surface area contributed by atoms with Crippen LogP contribution in [0.25, 0.3) is 0 Å². The second kappa shape index (κ2) is 7.74. The average molecular weight is 273 g/mol. The standard InChI is InChI=1S/C12H19NO2S2/c1-4-16-17-12-8-10(14-2)9(5-6-13)7-11(12)15-3/h7-8H,4-6,13H2,1-3H3. The minimum Gasteiger partial charge on any atom is -0.496 e. The van der Waals surface area contributed by atoms with Gasteiger partial charge in [-0.3, -0.25) is 0 Å². The average Bonchev–Trinajstić information content (AvgIpc) is 2.36. The van der Waals surface area contributed by atoms with Crippen LogP contribution in [-0.4, -0.2) is 26.5 Å². The molecule has 0 aliphatic carbocycles. The summed E-state index contributed by atoms with van der Waals surface area (Å²) < 4.78 is 10.8. The topological polar surface area (TPSA) is 44.5 Å². The van der Waals surface area contributed by atoms with Gasteiger partial charge in [0.05, 0.1) is 19.1 Å². The van der Waals surface area contributed by atoms with Crippen LogP contribution in [0.2, 0.25) is 0 Å². The smallest absolute Gasteiger partial charge is 0.133 e. The van der Waals surface area contributed by atoms with E-state index in [-0.39, 0.29) is 0 Å². The third-order valence-electron chi connectivity index (χ3n) is 2.25. The normalized spacial score (nSPS) is 10.4. The molecule has 0 saturated heterocycles. The van der Waals surface area contributed by atoms with Gasteiger partial charge >= 0.3 is 0 Å². The summed E-state index contributed by atoms with van der Waals surface area (Å²) in [4.78, 5) is 1.09. The van der Waals surface area contributed by atoms with Crippen LogP contribution in [0.1, 0.15) is 12.5 Å². The van der Waals surface area contributed by atoms with E-state index in [1.54, 1.807) is 35.8 Å². The molecule has 0 bridgehead atoms. The number of rotatable bonds is 7. The van der Waals surface area contributed by atoms with Gasteiger partial charge in [0.15, 0.2) is 0 Å². The molecule has 96 valence electrons. The molecule has 0 spiro atoms. The summed E-state index contributed by atoms with van der Waals surface area (Å²) in [6, 6.07) is 4.04. The number of hydrogen-bond acceptors (Lipinski definition) is 5. The van der Waals surface area contributed by atoms with Crippen molar-refractivity contribution in [3.63, 3.8) is 0 Å². The molecule has 0 amide bonds. The van der Waals surface area contributed by atoms with Crippen molar-refractivity contribution in [3.05, 3.63) is 17.7 Å². The molecule has 0 saturated carbocycles. The molecular formula is C12H19NO2S2. The van der Waals surface area contributed by atoms with E-state index in [1.165, 1.54) is 0 Å². The number of benzene rings is 1. The zero-order valence-electron chi connectivity index (χ0n) is 10.5. The van der Waals surface area contributed by atoms with E-state index in [1.807, 2.05) is 12.1 Å². The van der Waals surface area contributed by atoms with Crippen LogP contribution < -0.4 is 15.2 Å². The first-order valence-corrected chi connectivity index (χ1v) is 7.83. The van der Waals surface area contributed by atoms with Gasteiger partial charge in [-0.2, -0.15) is 0 Å². The lowest BCUT2D eigenvalue weighted by molar-refractivity contribution is 0.390. The Labute approximate surface area is 111 Å². The van der Waals surface area contributed by atoms with Crippen molar-refractivity contribution in [1.29, 1.82) is 0 Å². The lowest BCUT2D eigenvalue weighted by Gasteiger charge is -2.13. The van der Waals surface area contributed by atoms with E-state index in [9.17, 15) is 0 Å². The maximum Gasteiger partial charge on any atom is 0.133 e. The lowest BCUT2D eigenvalue weighted by atomic mass is 10.1. The third-order valence-corrected chi connectivity index (χ3v) is 4.70. The number of nitrogens with two attached hydrogens (primary N) is 1. The molecule has 2 N–H and O–H groups in total. The summed E-state index contributed by atoms with van der Waals surface area (Å²) >= 11 is 0. The monoisotopic (exact) mass is 273 g/mol. The second-order valence-electron chi connectivity index (χ2n) is 3.34. The molecule has 0 heterocycles. The van der Waals surface area contributed by atoms with Gasteiger partial charge in [0.2, 0.25) is 0 Å². The maximum absolute atomic E-state index is 5.59. The van der Waals surface area contributed by atoms with Gasteiger partial charge in [0, 0.05) is 5.75 Å². The highest BCUT2D eigenvalue weighted by atomic mass is 33.1. The Morgan fingerprint density at radius 1 is 1.18 bits per heavy atom. The van der Waals surface area contributed by atoms with E-state index in [0.29, 0.717) is 6.54 Å². The zero-order valence-corrected chi connectivity index (χ0v) is 12.1. The van der Waals surface area contributed by atoms with Crippen molar-refractivity contribution in [2.24, 2.45) is 5.73 Å². The molecule has 1 aromatic rings. The van der Waals surface area contributed by atoms with Gasteiger partial charge in [0.25, 0.3) is 0 Å². The molecule has 1 rings (SSSR count). The van der Waals surface area contributed by atoms with Gasteiger partial charge in [-0.1, -0.05) is 28.5 Å². The van der Waals surface area contributed by atoms with Crippen LogP contribution in [0.5, 0.6) is 11.5 Å². The first-order chi connectivity index (χ1) is 8.26. The summed E-state index contributed by atoms with van der Waals surface area (Å²) in [5, 5.41) is 0. The highest BCUT2D eigenvalue weighted by molar-refractivity contribution is 8.76. The van der Waals surface area contributed by atoms with Crippen molar-refractivity contribution in [2.45, 2.75) is 18.2 Å². The number of ether oxygens (including phenoxy) is 2. The Balaban J connectivity index is 3.04. The Bertz CT molecular complexity index is 359. The molecular weight excluding hydrogens is 254 g/mol. The molecule has 0 aliphatic heterocycles. The number of hydrogen-bond donors (Lipinski definition) is 1. The van der Waals surface area contributed by atoms with Crippen LogP contribution in [0.4, 0.5) is 0 Å². The third kappa shape index (κ3) is 4.01. The molecule has 0 radical (unpaired) electrons. The van der Waals surface area contributed by atoms with Crippen LogP contribution in [0, 0.1) is 0 Å². The molecule has 0 fully saturated rings. The largest absolute Gasteiger partial charge is 0.496 e. The zero-order chi connectivity index (χ0) is 12.7. The van der Waals surface area contributed by atoms with Crippen LogP contribution in [0.15, 0.2) is 17.0 Å². The van der Waals surface area contributed by atoms with E-state index in [4.69, 9.17) is 15.2 Å². The highest BCUT2D eigenvalue weighted by Crippen LogP contribution is 2.41. The summed E-state index contributed by atoms with van der Waals surface area (Å²) in [6.45, 7) is 2.74. The van der Waals surface area contributed by atoms with Crippen LogP contribution >= 0.6 is 21.6 Å². The molecule has 0 aliphatic rings. The fraction of sp³-hybridized carbons (Fsp3) is 0.500. The molecule has 5 heteroatoms. The molecule has 3 nitrogen and oxygen atoms in total. The Kier molecular flexibility index (Phi) is 6.62. The molecule has 1 aromatic carbocycles. The minimum absolute atomic E-state index is 0.607. The Morgan fingerprint density at radius 3 is 2.41 bits per heavy atom. The maximum atomic E-state index is 5.59. The highest BCUT2D eigenvalue weighted by Gasteiger charge is 2.11. The van der Waals surface area contributed by atoms with Gasteiger partial charge < -0.3 is 15.2 Å². The molecule has 0 atom stereocenters. The van der Waals surface area contributed by atoms with Crippen molar-refractivity contribution in [2.75, 3.05) is 26.5 Å². The van der Waals surface area contributed by atoms with Crippen molar-refractivity contribution >= 4 is 21.6 Å². The van der Waals surface area contributed by atoms with E-state index >= 15 is 0 Å². The van der Waals surface area contributed by atoms with Crippen molar-refractivity contribution < 1.29 is 9.47 Å². The van der Waals surface area contributed by atoms with Gasteiger partial charge in [-0.25, -0.2) is 0 Å². The SMILES string of the molecule is CCSSc1cc(OC)c(CCN)cc1OC. The second-order valence-corrected chi connectivity index (χ2v) is 5.97.